The lowest BCUT2D eigenvalue weighted by molar-refractivity contribution is -0.149. The number of ether oxygens (including phenoxy) is 1. The molecule has 0 aromatic heterocycles. The van der Waals surface area contributed by atoms with Gasteiger partial charge in [-0.05, 0) is 51.4 Å². The molecule has 0 unspecified atom stereocenters. The Morgan fingerprint density at radius 3 is 2.39 bits per heavy atom. The zero-order chi connectivity index (χ0) is 19.9. The monoisotopic (exact) mass is 380 g/mol. The Labute approximate surface area is 166 Å². The number of benzene rings is 2. The van der Waals surface area contributed by atoms with E-state index < -0.39 is 0 Å². The van der Waals surface area contributed by atoms with Crippen LogP contribution < -0.4 is 5.32 Å². The second-order valence-electron chi connectivity index (χ2n) is 7.14. The first-order valence-electron chi connectivity index (χ1n) is 9.96. The minimum atomic E-state index is -0.257. The molecule has 1 N–H and O–H groups in total. The lowest BCUT2D eigenvalue weighted by atomic mass is 9.96. The normalized spacial score (nSPS) is 16.4. The highest BCUT2D eigenvalue weighted by Crippen LogP contribution is 2.28. The number of rotatable bonds is 6. The molecule has 5 heteroatoms. The number of nitrogens with one attached hydrogen (secondary N) is 1. The van der Waals surface area contributed by atoms with Crippen LogP contribution in [0, 0.1) is 5.92 Å². The van der Waals surface area contributed by atoms with Gasteiger partial charge in [-0.3, -0.25) is 14.5 Å². The Morgan fingerprint density at radius 1 is 1.07 bits per heavy atom. The van der Waals surface area contributed by atoms with Gasteiger partial charge in [0.2, 0.25) is 5.91 Å². The number of likely N-dealkylation sites (tertiary alicyclic amines) is 1. The molecule has 3 rings (SSSR count). The van der Waals surface area contributed by atoms with E-state index in [0.29, 0.717) is 6.61 Å². The van der Waals surface area contributed by atoms with E-state index in [1.807, 2.05) is 68.4 Å². The maximum absolute atomic E-state index is 12.9. The highest BCUT2D eigenvalue weighted by atomic mass is 16.5. The number of nitrogens with zero attached hydrogens (tertiary/aromatic N) is 1. The van der Waals surface area contributed by atoms with Crippen molar-refractivity contribution in [3.63, 3.8) is 0 Å². The minimum Gasteiger partial charge on any atom is -0.466 e. The van der Waals surface area contributed by atoms with Gasteiger partial charge in [0, 0.05) is 11.3 Å². The molecule has 2 aromatic carbocycles. The molecular weight excluding hydrogens is 352 g/mol. The van der Waals surface area contributed by atoms with E-state index in [1.54, 1.807) is 0 Å². The predicted octanol–water partition coefficient (Wildman–Crippen LogP) is 3.96. The highest BCUT2D eigenvalue weighted by molar-refractivity contribution is 5.98. The first kappa shape index (κ1) is 20.1. The van der Waals surface area contributed by atoms with Crippen LogP contribution in [0.5, 0.6) is 0 Å². The van der Waals surface area contributed by atoms with E-state index in [4.69, 9.17) is 4.74 Å². The average molecular weight is 380 g/mol. The van der Waals surface area contributed by atoms with Crippen LogP contribution in [0.1, 0.15) is 26.7 Å². The Balaban J connectivity index is 1.62. The molecule has 2 aromatic rings. The fraction of sp³-hybridized carbons (Fsp3) is 0.391. The molecule has 28 heavy (non-hydrogen) atoms. The molecule has 1 amide bonds. The summed E-state index contributed by atoms with van der Waals surface area (Å²) in [5, 5.41) is 3.09. The van der Waals surface area contributed by atoms with Gasteiger partial charge in [-0.15, -0.1) is 0 Å². The molecule has 1 atom stereocenters. The number of hydrogen-bond acceptors (Lipinski definition) is 4. The van der Waals surface area contributed by atoms with Crippen LogP contribution in [0.3, 0.4) is 0 Å². The second-order valence-corrected chi connectivity index (χ2v) is 7.14. The zero-order valence-corrected chi connectivity index (χ0v) is 16.6. The third-order valence-electron chi connectivity index (χ3n) is 5.35. The fourth-order valence-corrected chi connectivity index (χ4v) is 3.65. The molecule has 0 bridgehead atoms. The molecule has 0 radical (unpaired) electrons. The van der Waals surface area contributed by atoms with Crippen molar-refractivity contribution in [2.75, 3.05) is 25.0 Å². The number of piperidine rings is 1. The van der Waals surface area contributed by atoms with Gasteiger partial charge in [0.25, 0.3) is 0 Å². The van der Waals surface area contributed by atoms with E-state index in [2.05, 4.69) is 10.2 Å². The summed E-state index contributed by atoms with van der Waals surface area (Å²) >= 11 is 0. The largest absolute Gasteiger partial charge is 0.466 e. The fourth-order valence-electron chi connectivity index (χ4n) is 3.65. The lowest BCUT2D eigenvalue weighted by Crippen LogP contribution is -2.47. The molecule has 5 nitrogen and oxygen atoms in total. The van der Waals surface area contributed by atoms with E-state index in [1.165, 1.54) is 0 Å². The van der Waals surface area contributed by atoms with Crippen molar-refractivity contribution in [3.05, 3.63) is 54.6 Å². The van der Waals surface area contributed by atoms with Crippen molar-refractivity contribution >= 4 is 17.6 Å². The summed E-state index contributed by atoms with van der Waals surface area (Å²) in [4.78, 5) is 26.9. The third-order valence-corrected chi connectivity index (χ3v) is 5.35. The molecule has 1 aliphatic heterocycles. The van der Waals surface area contributed by atoms with Gasteiger partial charge in [-0.2, -0.15) is 0 Å². The van der Waals surface area contributed by atoms with Crippen molar-refractivity contribution in [1.82, 2.24) is 4.90 Å². The second kappa shape index (κ2) is 9.51. The standard InChI is InChI=1S/C23H28N2O3/c1-3-28-23(27)19-13-15-25(16-14-19)17(2)22(26)24-21-12-8-7-11-20(21)18-9-5-4-6-10-18/h4-12,17,19H,3,13-16H2,1-2H3,(H,24,26)/t17-/m1/s1. The van der Waals surface area contributed by atoms with Crippen LogP contribution in [-0.4, -0.2) is 42.5 Å². The van der Waals surface area contributed by atoms with Crippen molar-refractivity contribution < 1.29 is 14.3 Å². The summed E-state index contributed by atoms with van der Waals surface area (Å²) in [7, 11) is 0. The minimum absolute atomic E-state index is 0.0297. The maximum Gasteiger partial charge on any atom is 0.309 e. The van der Waals surface area contributed by atoms with Gasteiger partial charge in [-0.25, -0.2) is 0 Å². The number of carbonyl (C=O) groups excluding carboxylic acids is 2. The first-order valence-corrected chi connectivity index (χ1v) is 9.96. The van der Waals surface area contributed by atoms with Gasteiger partial charge >= 0.3 is 5.97 Å². The summed E-state index contributed by atoms with van der Waals surface area (Å²) in [5.74, 6) is -0.195. The quantitative estimate of drug-likeness (QED) is 0.771. The number of hydrogen-bond donors (Lipinski definition) is 1. The lowest BCUT2D eigenvalue weighted by Gasteiger charge is -2.34. The van der Waals surface area contributed by atoms with Crippen LogP contribution >= 0.6 is 0 Å². The Bertz CT molecular complexity index is 799. The van der Waals surface area contributed by atoms with Gasteiger partial charge in [0.15, 0.2) is 0 Å². The SMILES string of the molecule is CCOC(=O)C1CCN([C@H](C)C(=O)Nc2ccccc2-c2ccccc2)CC1. The van der Waals surface area contributed by atoms with Crippen molar-refractivity contribution in [1.29, 1.82) is 0 Å². The average Bonchev–Trinajstić information content (AvgIpc) is 2.74. The molecule has 1 heterocycles. The van der Waals surface area contributed by atoms with Gasteiger partial charge < -0.3 is 10.1 Å². The Kier molecular flexibility index (Phi) is 6.82. The molecule has 1 fully saturated rings. The van der Waals surface area contributed by atoms with Gasteiger partial charge in [-0.1, -0.05) is 48.5 Å². The Hall–Kier alpha value is -2.66. The Morgan fingerprint density at radius 2 is 1.71 bits per heavy atom. The zero-order valence-electron chi connectivity index (χ0n) is 16.6. The number of anilines is 1. The van der Waals surface area contributed by atoms with Crippen molar-refractivity contribution in [3.8, 4) is 11.1 Å². The van der Waals surface area contributed by atoms with Gasteiger partial charge in [0.1, 0.15) is 0 Å². The predicted molar refractivity (Wildman–Crippen MR) is 111 cm³/mol. The van der Waals surface area contributed by atoms with Crippen molar-refractivity contribution in [2.24, 2.45) is 5.92 Å². The van der Waals surface area contributed by atoms with E-state index in [-0.39, 0.29) is 23.8 Å². The summed E-state index contributed by atoms with van der Waals surface area (Å²) in [6, 6.07) is 17.6. The summed E-state index contributed by atoms with van der Waals surface area (Å²) in [6.07, 6.45) is 1.47. The summed E-state index contributed by atoms with van der Waals surface area (Å²) in [5.41, 5.74) is 2.89. The van der Waals surface area contributed by atoms with E-state index in [9.17, 15) is 9.59 Å². The van der Waals surface area contributed by atoms with Crippen LogP contribution in [-0.2, 0) is 14.3 Å². The molecule has 1 saturated heterocycles. The van der Waals surface area contributed by atoms with E-state index >= 15 is 0 Å². The number of esters is 1. The summed E-state index contributed by atoms with van der Waals surface area (Å²) in [6.45, 7) is 5.60. The smallest absolute Gasteiger partial charge is 0.309 e. The highest BCUT2D eigenvalue weighted by Gasteiger charge is 2.30. The van der Waals surface area contributed by atoms with Crippen LogP contribution in [0.15, 0.2) is 54.6 Å². The van der Waals surface area contributed by atoms with Crippen molar-refractivity contribution in [2.45, 2.75) is 32.7 Å². The third kappa shape index (κ3) is 4.78. The number of para-hydroxylation sites is 1. The number of carbonyl (C=O) groups is 2. The topological polar surface area (TPSA) is 58.6 Å². The summed E-state index contributed by atoms with van der Waals surface area (Å²) < 4.78 is 5.12. The molecular formula is C23H28N2O3. The molecule has 1 aliphatic rings. The van der Waals surface area contributed by atoms with Crippen LogP contribution in [0.2, 0.25) is 0 Å². The van der Waals surface area contributed by atoms with Crippen LogP contribution in [0.25, 0.3) is 11.1 Å². The van der Waals surface area contributed by atoms with Gasteiger partial charge in [0.05, 0.1) is 18.6 Å². The first-order chi connectivity index (χ1) is 13.6. The van der Waals surface area contributed by atoms with Crippen LogP contribution in [0.4, 0.5) is 5.69 Å². The molecule has 0 saturated carbocycles. The number of amides is 1. The molecule has 0 aliphatic carbocycles. The van der Waals surface area contributed by atoms with E-state index in [0.717, 1.165) is 42.7 Å². The molecule has 148 valence electrons. The maximum atomic E-state index is 12.9. The molecule has 0 spiro atoms.